The fourth-order valence-corrected chi connectivity index (χ4v) is 4.25. The van der Waals surface area contributed by atoms with Crippen LogP contribution in [0.15, 0.2) is 12.1 Å². The van der Waals surface area contributed by atoms with Crippen molar-refractivity contribution in [3.8, 4) is 11.5 Å². The van der Waals surface area contributed by atoms with Gasteiger partial charge in [0.15, 0.2) is 0 Å². The van der Waals surface area contributed by atoms with Crippen molar-refractivity contribution in [2.24, 2.45) is 0 Å². The molecule has 0 spiro atoms. The molecule has 0 bridgehead atoms. The highest BCUT2D eigenvalue weighted by Gasteiger charge is 2.40. The lowest BCUT2D eigenvalue weighted by Gasteiger charge is -2.30. The number of aliphatic hydroxyl groups is 1. The van der Waals surface area contributed by atoms with Crippen LogP contribution in [0.1, 0.15) is 96.6 Å². The zero-order chi connectivity index (χ0) is 22.5. The van der Waals surface area contributed by atoms with Crippen molar-refractivity contribution in [2.75, 3.05) is 6.61 Å². The predicted molar refractivity (Wildman–Crippen MR) is 116 cm³/mol. The summed E-state index contributed by atoms with van der Waals surface area (Å²) in [5.74, 6) is -1.96. The van der Waals surface area contributed by atoms with Gasteiger partial charge in [0.2, 0.25) is 5.79 Å². The van der Waals surface area contributed by atoms with Crippen LogP contribution in [0.3, 0.4) is 0 Å². The van der Waals surface area contributed by atoms with Crippen LogP contribution in [0, 0.1) is 0 Å². The Hall–Kier alpha value is -1.79. The molecule has 0 saturated carbocycles. The number of hydrogen-bond acceptors (Lipinski definition) is 5. The highest BCUT2D eigenvalue weighted by molar-refractivity contribution is 5.66. The lowest BCUT2D eigenvalue weighted by atomic mass is 9.78. The molecule has 170 valence electrons. The van der Waals surface area contributed by atoms with Crippen LogP contribution in [-0.2, 0) is 14.9 Å². The van der Waals surface area contributed by atoms with Crippen molar-refractivity contribution >= 4 is 5.97 Å². The van der Waals surface area contributed by atoms with E-state index in [2.05, 4.69) is 20.8 Å². The van der Waals surface area contributed by atoms with Crippen molar-refractivity contribution in [2.45, 2.75) is 103 Å². The molecule has 3 N–H and O–H groups in total. The topological polar surface area (TPSA) is 96.2 Å². The Morgan fingerprint density at radius 2 is 1.90 bits per heavy atom. The summed E-state index contributed by atoms with van der Waals surface area (Å²) in [6.45, 7) is 9.78. The number of carbonyl (C=O) groups is 1. The standard InChI is InChI=1S/C24H38O6/c1-6-7-8-9-12-23(2,3)16-13-18(26)22-17(15-25)19(10-11-21(27)28)29-24(4,5)30-20(22)14-16/h13-14,17,19,25-26H,6-12,15H2,1-5H3,(H,27,28)/t17-,19?/m1/s1. The number of aliphatic carboxylic acids is 1. The molecule has 0 fully saturated rings. The molecule has 2 atom stereocenters. The fourth-order valence-electron chi connectivity index (χ4n) is 4.25. The molecule has 1 aromatic carbocycles. The van der Waals surface area contributed by atoms with Crippen molar-refractivity contribution in [1.82, 2.24) is 0 Å². The number of hydrogen-bond donors (Lipinski definition) is 3. The fraction of sp³-hybridized carbons (Fsp3) is 0.708. The average molecular weight is 423 g/mol. The van der Waals surface area contributed by atoms with Gasteiger partial charge in [-0.3, -0.25) is 4.79 Å². The maximum atomic E-state index is 11.1. The predicted octanol–water partition coefficient (Wildman–Crippen LogP) is 5.09. The van der Waals surface area contributed by atoms with E-state index in [-0.39, 0.29) is 30.6 Å². The zero-order valence-corrected chi connectivity index (χ0v) is 19.0. The van der Waals surface area contributed by atoms with Crippen LogP contribution >= 0.6 is 0 Å². The van der Waals surface area contributed by atoms with Crippen LogP contribution in [0.4, 0.5) is 0 Å². The SMILES string of the molecule is CCCCCCC(C)(C)c1cc(O)c2c(c1)OC(C)(C)OC(CCC(=O)O)[C@H]2CO. The molecule has 2 rings (SSSR count). The van der Waals surface area contributed by atoms with Crippen molar-refractivity contribution in [3.63, 3.8) is 0 Å². The molecule has 30 heavy (non-hydrogen) atoms. The maximum absolute atomic E-state index is 11.1. The van der Waals surface area contributed by atoms with E-state index < -0.39 is 23.8 Å². The molecule has 0 radical (unpaired) electrons. The maximum Gasteiger partial charge on any atom is 0.303 e. The van der Waals surface area contributed by atoms with Crippen molar-refractivity contribution in [3.05, 3.63) is 23.3 Å². The highest BCUT2D eigenvalue weighted by Crippen LogP contribution is 2.46. The molecular weight excluding hydrogens is 384 g/mol. The molecular formula is C24H38O6. The number of benzene rings is 1. The van der Waals surface area contributed by atoms with Crippen LogP contribution in [-0.4, -0.2) is 39.8 Å². The number of aromatic hydroxyl groups is 1. The summed E-state index contributed by atoms with van der Waals surface area (Å²) in [5, 5.41) is 30.1. The molecule has 0 amide bonds. The number of fused-ring (bicyclic) bond motifs is 1. The smallest absolute Gasteiger partial charge is 0.303 e. The number of carboxylic acid groups (broad SMARTS) is 1. The Morgan fingerprint density at radius 1 is 1.20 bits per heavy atom. The Labute approximate surface area is 180 Å². The number of phenols is 1. The quantitative estimate of drug-likeness (QED) is 0.454. The van der Waals surface area contributed by atoms with E-state index in [1.807, 2.05) is 6.07 Å². The van der Waals surface area contributed by atoms with Gasteiger partial charge in [0.05, 0.1) is 12.7 Å². The van der Waals surface area contributed by atoms with E-state index in [0.717, 1.165) is 18.4 Å². The molecule has 1 aliphatic rings. The number of aliphatic hydroxyl groups excluding tert-OH is 1. The van der Waals surface area contributed by atoms with E-state index in [1.165, 1.54) is 19.3 Å². The zero-order valence-electron chi connectivity index (χ0n) is 19.0. The van der Waals surface area contributed by atoms with E-state index in [1.54, 1.807) is 19.9 Å². The number of phenolic OH excluding ortho intramolecular Hbond substituents is 1. The largest absolute Gasteiger partial charge is 0.508 e. The van der Waals surface area contributed by atoms with E-state index in [4.69, 9.17) is 14.6 Å². The molecule has 0 saturated heterocycles. The van der Waals surface area contributed by atoms with Gasteiger partial charge in [0, 0.05) is 31.7 Å². The summed E-state index contributed by atoms with van der Waals surface area (Å²) in [6, 6.07) is 3.71. The molecule has 1 aliphatic heterocycles. The van der Waals surface area contributed by atoms with Gasteiger partial charge in [-0.05, 0) is 36.0 Å². The minimum Gasteiger partial charge on any atom is -0.508 e. The van der Waals surface area contributed by atoms with Crippen molar-refractivity contribution in [1.29, 1.82) is 0 Å². The first-order valence-corrected chi connectivity index (χ1v) is 11.1. The van der Waals surface area contributed by atoms with Crippen LogP contribution in [0.5, 0.6) is 11.5 Å². The number of unbranched alkanes of at least 4 members (excludes halogenated alkanes) is 3. The van der Waals surface area contributed by atoms with Crippen LogP contribution < -0.4 is 4.74 Å². The molecule has 1 unspecified atom stereocenters. The van der Waals surface area contributed by atoms with Crippen LogP contribution in [0.2, 0.25) is 0 Å². The Kier molecular flexibility index (Phi) is 8.17. The van der Waals surface area contributed by atoms with Gasteiger partial charge in [-0.25, -0.2) is 0 Å². The Morgan fingerprint density at radius 3 is 2.50 bits per heavy atom. The van der Waals surface area contributed by atoms with Gasteiger partial charge >= 0.3 is 5.97 Å². The van der Waals surface area contributed by atoms with Crippen molar-refractivity contribution < 1.29 is 29.6 Å². The second kappa shape index (κ2) is 10.0. The van der Waals surface area contributed by atoms with Gasteiger partial charge in [0.1, 0.15) is 11.5 Å². The van der Waals surface area contributed by atoms with E-state index >= 15 is 0 Å². The van der Waals surface area contributed by atoms with Gasteiger partial charge in [0.25, 0.3) is 0 Å². The minimum absolute atomic E-state index is 0.0600. The summed E-state index contributed by atoms with van der Waals surface area (Å²) in [6.07, 6.45) is 5.26. The summed E-state index contributed by atoms with van der Waals surface area (Å²) in [7, 11) is 0. The number of rotatable bonds is 10. The van der Waals surface area contributed by atoms with Gasteiger partial charge in [-0.1, -0.05) is 46.5 Å². The normalized spacial score (nSPS) is 20.9. The number of carboxylic acids is 1. The van der Waals surface area contributed by atoms with E-state index in [0.29, 0.717) is 11.3 Å². The third-order valence-electron chi connectivity index (χ3n) is 6.01. The summed E-state index contributed by atoms with van der Waals surface area (Å²) in [5.41, 5.74) is 1.33. The molecule has 6 nitrogen and oxygen atoms in total. The first-order chi connectivity index (χ1) is 14.0. The highest BCUT2D eigenvalue weighted by atomic mass is 16.7. The molecule has 0 aromatic heterocycles. The summed E-state index contributed by atoms with van der Waals surface area (Å²) >= 11 is 0. The summed E-state index contributed by atoms with van der Waals surface area (Å²) < 4.78 is 12.2. The van der Waals surface area contributed by atoms with E-state index in [9.17, 15) is 15.0 Å². The second-order valence-corrected chi connectivity index (χ2v) is 9.48. The van der Waals surface area contributed by atoms with Crippen LogP contribution in [0.25, 0.3) is 0 Å². The molecule has 0 aliphatic carbocycles. The van der Waals surface area contributed by atoms with Gasteiger partial charge in [-0.2, -0.15) is 0 Å². The van der Waals surface area contributed by atoms with Gasteiger partial charge in [-0.15, -0.1) is 0 Å². The first kappa shape index (κ1) is 24.5. The van der Waals surface area contributed by atoms with Gasteiger partial charge < -0.3 is 24.8 Å². The average Bonchev–Trinajstić information content (AvgIpc) is 2.75. The lowest BCUT2D eigenvalue weighted by molar-refractivity contribution is -0.190. The monoisotopic (exact) mass is 422 g/mol. The second-order valence-electron chi connectivity index (χ2n) is 9.48. The molecule has 1 aromatic rings. The molecule has 1 heterocycles. The minimum atomic E-state index is -1.02. The lowest BCUT2D eigenvalue weighted by Crippen LogP contribution is -2.37. The Bertz CT molecular complexity index is 725. The first-order valence-electron chi connectivity index (χ1n) is 11.1. The summed E-state index contributed by atoms with van der Waals surface area (Å²) in [4.78, 5) is 11.1. The third kappa shape index (κ3) is 6.11. The third-order valence-corrected chi connectivity index (χ3v) is 6.01. The Balaban J connectivity index is 2.41. The molecule has 6 heteroatoms. The number of ether oxygens (including phenoxy) is 2.